The van der Waals surface area contributed by atoms with Gasteiger partial charge in [0, 0.05) is 11.3 Å². The maximum Gasteiger partial charge on any atom is 0.343 e. The van der Waals surface area contributed by atoms with Crippen molar-refractivity contribution in [1.82, 2.24) is 4.37 Å². The number of carbonyl (C=O) groups excluding carboxylic acids is 3. The minimum atomic E-state index is -1.01. The number of aromatic nitrogens is 1. The van der Waals surface area contributed by atoms with Gasteiger partial charge in [0.05, 0.1) is 5.69 Å². The number of nitrogens with zero attached hydrogens (tertiary/aromatic N) is 1. The largest absolute Gasteiger partial charge is 0.449 e. The summed E-state index contributed by atoms with van der Waals surface area (Å²) in [5, 5.41) is 2.87. The first-order valence-corrected chi connectivity index (χ1v) is 7.91. The molecule has 1 heterocycles. The number of rotatable bonds is 5. The molecular formula is C16H17N3O4S. The Balaban J connectivity index is 1.99. The second-order valence-corrected chi connectivity index (χ2v) is 5.98. The van der Waals surface area contributed by atoms with E-state index in [0.29, 0.717) is 16.9 Å². The molecule has 0 aliphatic carbocycles. The van der Waals surface area contributed by atoms with Gasteiger partial charge >= 0.3 is 5.97 Å². The van der Waals surface area contributed by atoms with Crippen molar-refractivity contribution < 1.29 is 19.1 Å². The van der Waals surface area contributed by atoms with Crippen LogP contribution in [0.4, 0.5) is 10.7 Å². The number of Topliss-reactive ketones (excluding diaryl/α,β-unsaturated/α-hetero) is 1. The average molecular weight is 347 g/mol. The van der Waals surface area contributed by atoms with Crippen LogP contribution in [0.5, 0.6) is 0 Å². The average Bonchev–Trinajstić information content (AvgIpc) is 2.86. The highest BCUT2D eigenvalue weighted by Crippen LogP contribution is 2.22. The molecule has 1 aromatic carbocycles. The van der Waals surface area contributed by atoms with Gasteiger partial charge in [-0.2, -0.15) is 4.37 Å². The van der Waals surface area contributed by atoms with Gasteiger partial charge in [-0.25, -0.2) is 4.79 Å². The number of nitrogen functional groups attached to an aromatic ring is 1. The van der Waals surface area contributed by atoms with Gasteiger partial charge in [0.25, 0.3) is 5.91 Å². The van der Waals surface area contributed by atoms with E-state index in [1.54, 1.807) is 31.2 Å². The maximum atomic E-state index is 12.1. The highest BCUT2D eigenvalue weighted by Gasteiger charge is 2.23. The lowest BCUT2D eigenvalue weighted by Gasteiger charge is -2.13. The standard InChI is InChI=1S/C16H17N3O4S/c1-8-13(14(17)24-19-8)16(22)23-10(3)15(21)18-12-6-4-11(5-7-12)9(2)20/h4-7,10H,17H2,1-3H3,(H,18,21)/t10-/m0/s1. The molecule has 8 heteroatoms. The van der Waals surface area contributed by atoms with Crippen LogP contribution >= 0.6 is 11.5 Å². The van der Waals surface area contributed by atoms with Crippen molar-refractivity contribution in [3.8, 4) is 0 Å². The highest BCUT2D eigenvalue weighted by molar-refractivity contribution is 7.10. The Morgan fingerprint density at radius 1 is 1.25 bits per heavy atom. The predicted octanol–water partition coefficient (Wildman–Crippen LogP) is 2.42. The van der Waals surface area contributed by atoms with Crippen LogP contribution in [-0.2, 0) is 9.53 Å². The SMILES string of the molecule is CC(=O)c1ccc(NC(=O)[C@H](C)OC(=O)c2c(C)nsc2N)cc1. The number of aryl methyl sites for hydroxylation is 1. The fourth-order valence-corrected chi connectivity index (χ4v) is 2.59. The normalized spacial score (nSPS) is 11.6. The lowest BCUT2D eigenvalue weighted by Crippen LogP contribution is -2.30. The summed E-state index contributed by atoms with van der Waals surface area (Å²) in [7, 11) is 0. The van der Waals surface area contributed by atoms with E-state index in [2.05, 4.69) is 9.69 Å². The lowest BCUT2D eigenvalue weighted by molar-refractivity contribution is -0.123. The molecule has 1 amide bonds. The van der Waals surface area contributed by atoms with Gasteiger partial charge in [-0.3, -0.25) is 9.59 Å². The Morgan fingerprint density at radius 3 is 2.38 bits per heavy atom. The van der Waals surface area contributed by atoms with E-state index >= 15 is 0 Å². The van der Waals surface area contributed by atoms with Crippen molar-refractivity contribution in [3.63, 3.8) is 0 Å². The van der Waals surface area contributed by atoms with Crippen LogP contribution in [0.15, 0.2) is 24.3 Å². The molecule has 0 aliphatic heterocycles. The zero-order chi connectivity index (χ0) is 17.9. The van der Waals surface area contributed by atoms with Crippen LogP contribution in [0.1, 0.15) is 40.3 Å². The molecule has 0 bridgehead atoms. The predicted molar refractivity (Wildman–Crippen MR) is 91.2 cm³/mol. The summed E-state index contributed by atoms with van der Waals surface area (Å²) < 4.78 is 9.10. The fourth-order valence-electron chi connectivity index (χ4n) is 1.94. The van der Waals surface area contributed by atoms with E-state index in [1.165, 1.54) is 13.8 Å². The van der Waals surface area contributed by atoms with E-state index in [-0.39, 0.29) is 16.3 Å². The van der Waals surface area contributed by atoms with E-state index in [1.807, 2.05) is 0 Å². The maximum absolute atomic E-state index is 12.1. The summed E-state index contributed by atoms with van der Waals surface area (Å²) in [4.78, 5) is 35.4. The summed E-state index contributed by atoms with van der Waals surface area (Å²) in [5.41, 5.74) is 7.38. The molecule has 24 heavy (non-hydrogen) atoms. The van der Waals surface area contributed by atoms with Gasteiger partial charge in [0.2, 0.25) is 0 Å². The molecule has 0 saturated heterocycles. The van der Waals surface area contributed by atoms with Gasteiger partial charge in [0.15, 0.2) is 11.9 Å². The first-order valence-electron chi connectivity index (χ1n) is 7.14. The van der Waals surface area contributed by atoms with Crippen LogP contribution in [0.3, 0.4) is 0 Å². The molecule has 2 rings (SSSR count). The van der Waals surface area contributed by atoms with Crippen molar-refractivity contribution in [2.75, 3.05) is 11.1 Å². The van der Waals surface area contributed by atoms with Crippen LogP contribution in [-0.4, -0.2) is 28.1 Å². The topological polar surface area (TPSA) is 111 Å². The van der Waals surface area contributed by atoms with Crippen LogP contribution in [0, 0.1) is 6.92 Å². The summed E-state index contributed by atoms with van der Waals surface area (Å²) in [6.45, 7) is 4.56. The van der Waals surface area contributed by atoms with E-state index < -0.39 is 18.0 Å². The molecule has 0 saturated carbocycles. The Kier molecular flexibility index (Phi) is 5.30. The van der Waals surface area contributed by atoms with Crippen LogP contribution < -0.4 is 11.1 Å². The lowest BCUT2D eigenvalue weighted by atomic mass is 10.1. The molecule has 3 N–H and O–H groups in total. The van der Waals surface area contributed by atoms with Crippen molar-refractivity contribution in [2.45, 2.75) is 26.9 Å². The monoisotopic (exact) mass is 347 g/mol. The molecule has 0 radical (unpaired) electrons. The van der Waals surface area contributed by atoms with Gasteiger partial charge in [-0.1, -0.05) is 0 Å². The molecule has 0 unspecified atom stereocenters. The Morgan fingerprint density at radius 2 is 1.88 bits per heavy atom. The number of carbonyl (C=O) groups is 3. The molecular weight excluding hydrogens is 330 g/mol. The Hall–Kier alpha value is -2.74. The Bertz CT molecular complexity index is 764. The van der Waals surface area contributed by atoms with Crippen molar-refractivity contribution in [1.29, 1.82) is 0 Å². The molecule has 126 valence electrons. The molecule has 7 nitrogen and oxygen atoms in total. The number of anilines is 2. The number of nitrogens with one attached hydrogen (secondary N) is 1. The van der Waals surface area contributed by atoms with Crippen LogP contribution in [0.25, 0.3) is 0 Å². The number of esters is 1. The fraction of sp³-hybridized carbons (Fsp3) is 0.250. The minimum absolute atomic E-state index is 0.0625. The smallest absolute Gasteiger partial charge is 0.343 e. The van der Waals surface area contributed by atoms with Gasteiger partial charge < -0.3 is 15.8 Å². The molecule has 0 aliphatic rings. The van der Waals surface area contributed by atoms with E-state index in [4.69, 9.17) is 10.5 Å². The second-order valence-electron chi connectivity index (χ2n) is 5.18. The van der Waals surface area contributed by atoms with Gasteiger partial charge in [0.1, 0.15) is 10.6 Å². The third-order valence-electron chi connectivity index (χ3n) is 3.31. The number of hydrogen-bond donors (Lipinski definition) is 2. The molecule has 1 aromatic heterocycles. The third kappa shape index (κ3) is 3.96. The highest BCUT2D eigenvalue weighted by atomic mass is 32.1. The van der Waals surface area contributed by atoms with Gasteiger partial charge in [-0.15, -0.1) is 0 Å². The number of ether oxygens (including phenoxy) is 1. The minimum Gasteiger partial charge on any atom is -0.449 e. The van der Waals surface area contributed by atoms with E-state index in [0.717, 1.165) is 11.5 Å². The second kappa shape index (κ2) is 7.22. The third-order valence-corrected chi connectivity index (χ3v) is 4.07. The first kappa shape index (κ1) is 17.6. The molecule has 1 atom stereocenters. The molecule has 2 aromatic rings. The number of benzene rings is 1. The number of amides is 1. The summed E-state index contributed by atoms with van der Waals surface area (Å²) in [6.07, 6.45) is -1.01. The zero-order valence-corrected chi connectivity index (χ0v) is 14.3. The summed E-state index contributed by atoms with van der Waals surface area (Å²) in [5.74, 6) is -1.24. The molecule has 0 fully saturated rings. The zero-order valence-electron chi connectivity index (χ0n) is 13.5. The van der Waals surface area contributed by atoms with Crippen LogP contribution in [0.2, 0.25) is 0 Å². The number of ketones is 1. The summed E-state index contributed by atoms with van der Waals surface area (Å²) >= 11 is 1.000. The molecule has 0 spiro atoms. The van der Waals surface area contributed by atoms with Crippen molar-refractivity contribution in [2.24, 2.45) is 0 Å². The number of hydrogen-bond acceptors (Lipinski definition) is 7. The van der Waals surface area contributed by atoms with Crippen molar-refractivity contribution >= 4 is 39.9 Å². The first-order chi connectivity index (χ1) is 11.3. The Labute approximate surface area is 143 Å². The summed E-state index contributed by atoms with van der Waals surface area (Å²) in [6, 6.07) is 6.42. The number of nitrogens with two attached hydrogens (primary N) is 1. The van der Waals surface area contributed by atoms with Gasteiger partial charge in [-0.05, 0) is 56.6 Å². The quantitative estimate of drug-likeness (QED) is 0.634. The van der Waals surface area contributed by atoms with Crippen molar-refractivity contribution in [3.05, 3.63) is 41.1 Å². The van der Waals surface area contributed by atoms with E-state index in [9.17, 15) is 14.4 Å².